The van der Waals surface area contributed by atoms with Crippen LogP contribution < -0.4 is 5.73 Å². The second-order valence-electron chi connectivity index (χ2n) is 3.11. The first kappa shape index (κ1) is 11.3. The van der Waals surface area contributed by atoms with E-state index in [0.29, 0.717) is 5.16 Å². The smallest absolute Gasteiger partial charge is 0.292 e. The van der Waals surface area contributed by atoms with Crippen LogP contribution in [-0.4, -0.2) is 14.9 Å². The van der Waals surface area contributed by atoms with Crippen molar-refractivity contribution in [3.8, 4) is 0 Å². The fourth-order valence-electron chi connectivity index (χ4n) is 1.21. The summed E-state index contributed by atoms with van der Waals surface area (Å²) in [6.07, 6.45) is 3.26. The number of nitro benzene ring substituents is 1. The Morgan fingerprint density at radius 2 is 2.00 bits per heavy atom. The van der Waals surface area contributed by atoms with Crippen LogP contribution in [-0.2, 0) is 0 Å². The molecule has 0 radical (unpaired) electrons. The quantitative estimate of drug-likeness (QED) is 0.387. The van der Waals surface area contributed by atoms with E-state index in [9.17, 15) is 10.1 Å². The molecule has 1 aromatic carbocycles. The average Bonchev–Trinajstić information content (AvgIpc) is 2.30. The van der Waals surface area contributed by atoms with Crippen molar-refractivity contribution in [3.05, 3.63) is 46.8 Å². The summed E-state index contributed by atoms with van der Waals surface area (Å²) in [4.78, 5) is 18.9. The molecule has 0 aliphatic carbocycles. The Labute approximate surface area is 101 Å². The van der Waals surface area contributed by atoms with E-state index in [1.165, 1.54) is 17.8 Å². The van der Waals surface area contributed by atoms with Gasteiger partial charge >= 0.3 is 0 Å². The highest BCUT2D eigenvalue weighted by atomic mass is 32.2. The highest BCUT2D eigenvalue weighted by Crippen LogP contribution is 2.30. The Morgan fingerprint density at radius 1 is 1.29 bits per heavy atom. The van der Waals surface area contributed by atoms with Crippen molar-refractivity contribution in [3.63, 3.8) is 0 Å². The Bertz CT molecular complexity index is 547. The Hall–Kier alpha value is -2.15. The number of rotatable bonds is 3. The zero-order valence-electron chi connectivity index (χ0n) is 8.61. The molecule has 0 saturated carbocycles. The fraction of sp³-hybridized carbons (Fsp3) is 0. The van der Waals surface area contributed by atoms with E-state index in [1.807, 2.05) is 0 Å². The number of hydrogen-bond acceptors (Lipinski definition) is 6. The number of nitro groups is 1. The van der Waals surface area contributed by atoms with E-state index in [4.69, 9.17) is 5.73 Å². The lowest BCUT2D eigenvalue weighted by Gasteiger charge is -2.01. The zero-order valence-corrected chi connectivity index (χ0v) is 9.42. The van der Waals surface area contributed by atoms with Gasteiger partial charge in [0, 0.05) is 23.4 Å². The molecule has 0 amide bonds. The molecule has 0 aliphatic rings. The van der Waals surface area contributed by atoms with Crippen molar-refractivity contribution in [1.29, 1.82) is 0 Å². The summed E-state index contributed by atoms with van der Waals surface area (Å²) in [6.45, 7) is 0. The zero-order chi connectivity index (χ0) is 12.3. The Morgan fingerprint density at radius 3 is 2.59 bits per heavy atom. The summed E-state index contributed by atoms with van der Waals surface area (Å²) in [6, 6.07) is 6.25. The fourth-order valence-corrected chi connectivity index (χ4v) is 1.97. The molecule has 0 spiro atoms. The Kier molecular flexibility index (Phi) is 3.20. The monoisotopic (exact) mass is 248 g/mol. The molecule has 86 valence electrons. The van der Waals surface area contributed by atoms with E-state index < -0.39 is 4.92 Å². The first-order valence-corrected chi connectivity index (χ1v) is 5.47. The Balaban J connectivity index is 2.24. The molecule has 0 unspecified atom stereocenters. The topological polar surface area (TPSA) is 94.9 Å². The standard InChI is InChI=1S/C10H8N4O2S/c11-8-6-7(2-3-9(8)14(15)16)17-10-12-4-1-5-13-10/h1-6H,11H2. The van der Waals surface area contributed by atoms with Crippen molar-refractivity contribution in [2.75, 3.05) is 5.73 Å². The van der Waals surface area contributed by atoms with Gasteiger partial charge in [-0.25, -0.2) is 9.97 Å². The van der Waals surface area contributed by atoms with Gasteiger partial charge in [0.2, 0.25) is 0 Å². The van der Waals surface area contributed by atoms with Gasteiger partial charge in [-0.05, 0) is 30.0 Å². The van der Waals surface area contributed by atoms with Gasteiger partial charge in [0.25, 0.3) is 5.69 Å². The predicted octanol–water partition coefficient (Wildman–Crippen LogP) is 2.12. The number of benzene rings is 1. The van der Waals surface area contributed by atoms with Crippen molar-refractivity contribution in [2.45, 2.75) is 10.1 Å². The molecule has 1 heterocycles. The molecule has 2 rings (SSSR count). The third-order valence-electron chi connectivity index (χ3n) is 1.95. The van der Waals surface area contributed by atoms with Gasteiger partial charge in [0.05, 0.1) is 4.92 Å². The van der Waals surface area contributed by atoms with Crippen molar-refractivity contribution in [2.24, 2.45) is 0 Å². The summed E-state index contributed by atoms with van der Waals surface area (Å²) >= 11 is 1.30. The maximum absolute atomic E-state index is 10.6. The lowest BCUT2D eigenvalue weighted by molar-refractivity contribution is -0.383. The minimum absolute atomic E-state index is 0.0941. The maximum atomic E-state index is 10.6. The van der Waals surface area contributed by atoms with E-state index in [2.05, 4.69) is 9.97 Å². The number of anilines is 1. The lowest BCUT2D eigenvalue weighted by atomic mass is 10.3. The van der Waals surface area contributed by atoms with Gasteiger partial charge in [-0.2, -0.15) is 0 Å². The molecule has 0 bridgehead atoms. The molecular weight excluding hydrogens is 240 g/mol. The normalized spacial score (nSPS) is 10.1. The second-order valence-corrected chi connectivity index (χ2v) is 4.15. The van der Waals surface area contributed by atoms with E-state index in [1.54, 1.807) is 30.6 Å². The summed E-state index contributed by atoms with van der Waals surface area (Å²) in [5, 5.41) is 11.2. The van der Waals surface area contributed by atoms with Gasteiger partial charge in [-0.15, -0.1) is 0 Å². The molecule has 6 nitrogen and oxygen atoms in total. The predicted molar refractivity (Wildman–Crippen MR) is 63.7 cm³/mol. The summed E-state index contributed by atoms with van der Waals surface area (Å²) < 4.78 is 0. The van der Waals surface area contributed by atoms with Crippen molar-refractivity contribution < 1.29 is 4.92 Å². The molecule has 0 aliphatic heterocycles. The van der Waals surface area contributed by atoms with Crippen molar-refractivity contribution in [1.82, 2.24) is 9.97 Å². The van der Waals surface area contributed by atoms with Gasteiger partial charge in [0.1, 0.15) is 5.69 Å². The van der Waals surface area contributed by atoms with Gasteiger partial charge < -0.3 is 5.73 Å². The van der Waals surface area contributed by atoms with Crippen LogP contribution in [0.3, 0.4) is 0 Å². The largest absolute Gasteiger partial charge is 0.393 e. The van der Waals surface area contributed by atoms with Gasteiger partial charge in [-0.3, -0.25) is 10.1 Å². The van der Waals surface area contributed by atoms with Crippen LogP contribution in [0.15, 0.2) is 46.7 Å². The number of nitrogens with two attached hydrogens (primary N) is 1. The number of nitrogens with zero attached hydrogens (tertiary/aromatic N) is 3. The molecule has 1 aromatic heterocycles. The second kappa shape index (κ2) is 4.79. The van der Waals surface area contributed by atoms with Crippen LogP contribution >= 0.6 is 11.8 Å². The molecular formula is C10H8N4O2S. The van der Waals surface area contributed by atoms with Crippen LogP contribution in [0, 0.1) is 10.1 Å². The van der Waals surface area contributed by atoms with Crippen LogP contribution in [0.1, 0.15) is 0 Å². The first-order valence-electron chi connectivity index (χ1n) is 4.65. The van der Waals surface area contributed by atoms with Crippen molar-refractivity contribution >= 4 is 23.1 Å². The highest BCUT2D eigenvalue weighted by molar-refractivity contribution is 7.99. The summed E-state index contributed by atoms with van der Waals surface area (Å²) in [5.74, 6) is 0. The van der Waals surface area contributed by atoms with E-state index in [-0.39, 0.29) is 11.4 Å². The third-order valence-corrected chi connectivity index (χ3v) is 2.83. The molecule has 2 N–H and O–H groups in total. The van der Waals surface area contributed by atoms with Gasteiger partial charge in [-0.1, -0.05) is 0 Å². The van der Waals surface area contributed by atoms with E-state index >= 15 is 0 Å². The molecule has 0 fully saturated rings. The number of aromatic nitrogens is 2. The van der Waals surface area contributed by atoms with Gasteiger partial charge in [0.15, 0.2) is 5.16 Å². The highest BCUT2D eigenvalue weighted by Gasteiger charge is 2.11. The molecule has 0 atom stereocenters. The third kappa shape index (κ3) is 2.70. The van der Waals surface area contributed by atoms with Crippen LogP contribution in [0.4, 0.5) is 11.4 Å². The van der Waals surface area contributed by atoms with E-state index in [0.717, 1.165) is 4.90 Å². The SMILES string of the molecule is Nc1cc(Sc2ncccn2)ccc1[N+](=O)[O-]. The number of nitrogen functional groups attached to an aromatic ring is 1. The van der Waals surface area contributed by atoms with Crippen LogP contribution in [0.25, 0.3) is 0 Å². The van der Waals surface area contributed by atoms with Crippen LogP contribution in [0.5, 0.6) is 0 Å². The first-order chi connectivity index (χ1) is 8.16. The average molecular weight is 248 g/mol. The maximum Gasteiger partial charge on any atom is 0.292 e. The molecule has 17 heavy (non-hydrogen) atoms. The van der Waals surface area contributed by atoms with Crippen LogP contribution in [0.2, 0.25) is 0 Å². The number of hydrogen-bond donors (Lipinski definition) is 1. The molecule has 2 aromatic rings. The minimum atomic E-state index is -0.511. The molecule has 7 heteroatoms. The summed E-state index contributed by atoms with van der Waals surface area (Å²) in [7, 11) is 0. The summed E-state index contributed by atoms with van der Waals surface area (Å²) in [5.41, 5.74) is 5.62. The minimum Gasteiger partial charge on any atom is -0.393 e. The molecule has 0 saturated heterocycles. The lowest BCUT2D eigenvalue weighted by Crippen LogP contribution is -1.95.